The lowest BCUT2D eigenvalue weighted by Gasteiger charge is -2.17. The summed E-state index contributed by atoms with van der Waals surface area (Å²) in [6.45, 7) is 3.03. The van der Waals surface area contributed by atoms with Gasteiger partial charge in [0.15, 0.2) is 11.5 Å². The Kier molecular flexibility index (Phi) is 6.24. The zero-order valence-electron chi connectivity index (χ0n) is 12.3. The summed E-state index contributed by atoms with van der Waals surface area (Å²) in [4.78, 5) is 0. The standard InChI is InChI=1S/C16H16BrCl2NO2/c1-3-22-16-11(12(17)5-7-15(16)21-2)9-20-14-6-4-10(18)8-13(14)19/h4-8,20H,3,9H2,1-2H3. The molecule has 0 atom stereocenters. The highest BCUT2D eigenvalue weighted by Gasteiger charge is 2.14. The highest BCUT2D eigenvalue weighted by atomic mass is 79.9. The van der Waals surface area contributed by atoms with Gasteiger partial charge in [0.05, 0.1) is 24.4 Å². The van der Waals surface area contributed by atoms with E-state index in [2.05, 4.69) is 21.2 Å². The molecule has 0 fully saturated rings. The number of ether oxygens (including phenoxy) is 2. The van der Waals surface area contributed by atoms with Gasteiger partial charge in [0, 0.05) is 21.6 Å². The maximum Gasteiger partial charge on any atom is 0.167 e. The summed E-state index contributed by atoms with van der Waals surface area (Å²) < 4.78 is 12.0. The van der Waals surface area contributed by atoms with Gasteiger partial charge in [-0.2, -0.15) is 0 Å². The summed E-state index contributed by atoms with van der Waals surface area (Å²) in [7, 11) is 1.62. The van der Waals surface area contributed by atoms with Crippen LogP contribution >= 0.6 is 39.1 Å². The van der Waals surface area contributed by atoms with Crippen molar-refractivity contribution in [1.82, 2.24) is 0 Å². The zero-order valence-corrected chi connectivity index (χ0v) is 15.3. The quantitative estimate of drug-likeness (QED) is 0.662. The first-order valence-corrected chi connectivity index (χ1v) is 8.28. The van der Waals surface area contributed by atoms with Gasteiger partial charge in [0.25, 0.3) is 0 Å². The van der Waals surface area contributed by atoms with Crippen LogP contribution in [0.4, 0.5) is 5.69 Å². The molecule has 3 nitrogen and oxygen atoms in total. The van der Waals surface area contributed by atoms with Crippen LogP contribution in [-0.2, 0) is 6.54 Å². The molecule has 6 heteroatoms. The van der Waals surface area contributed by atoms with Crippen LogP contribution < -0.4 is 14.8 Å². The lowest BCUT2D eigenvalue weighted by molar-refractivity contribution is 0.307. The van der Waals surface area contributed by atoms with Crippen LogP contribution in [0.25, 0.3) is 0 Å². The van der Waals surface area contributed by atoms with Gasteiger partial charge in [-0.3, -0.25) is 0 Å². The molecule has 2 rings (SSSR count). The Labute approximate surface area is 148 Å². The van der Waals surface area contributed by atoms with E-state index in [9.17, 15) is 0 Å². The number of halogens is 3. The first-order valence-electron chi connectivity index (χ1n) is 6.74. The maximum atomic E-state index is 6.18. The second-order valence-corrected chi connectivity index (χ2v) is 6.17. The molecule has 0 bridgehead atoms. The van der Waals surface area contributed by atoms with Crippen molar-refractivity contribution in [1.29, 1.82) is 0 Å². The summed E-state index contributed by atoms with van der Waals surface area (Å²) in [6.07, 6.45) is 0. The molecule has 0 aliphatic heterocycles. The molecule has 0 saturated carbocycles. The topological polar surface area (TPSA) is 30.5 Å². The summed E-state index contributed by atoms with van der Waals surface area (Å²) >= 11 is 15.6. The maximum absolute atomic E-state index is 6.18. The van der Waals surface area contributed by atoms with Crippen molar-refractivity contribution in [2.75, 3.05) is 19.0 Å². The van der Waals surface area contributed by atoms with Crippen molar-refractivity contribution in [3.8, 4) is 11.5 Å². The Hall–Kier alpha value is -1.10. The number of hydrogen-bond acceptors (Lipinski definition) is 3. The molecule has 2 aromatic carbocycles. The number of rotatable bonds is 6. The van der Waals surface area contributed by atoms with Crippen LogP contribution in [0.5, 0.6) is 11.5 Å². The fourth-order valence-electron chi connectivity index (χ4n) is 2.03. The van der Waals surface area contributed by atoms with Crippen molar-refractivity contribution in [2.45, 2.75) is 13.5 Å². The molecule has 0 unspecified atom stereocenters. The first-order chi connectivity index (χ1) is 10.6. The molecule has 0 saturated heterocycles. The van der Waals surface area contributed by atoms with E-state index in [0.717, 1.165) is 21.5 Å². The zero-order chi connectivity index (χ0) is 16.1. The summed E-state index contributed by atoms with van der Waals surface area (Å²) in [5, 5.41) is 4.47. The van der Waals surface area contributed by atoms with Crippen LogP contribution in [0.3, 0.4) is 0 Å². The number of methoxy groups -OCH3 is 1. The van der Waals surface area contributed by atoms with Gasteiger partial charge in [-0.05, 0) is 37.3 Å². The molecule has 0 amide bonds. The Balaban J connectivity index is 2.28. The minimum absolute atomic E-state index is 0.536. The third-order valence-electron chi connectivity index (χ3n) is 3.06. The number of benzene rings is 2. The highest BCUT2D eigenvalue weighted by Crippen LogP contribution is 2.37. The van der Waals surface area contributed by atoms with Crippen molar-refractivity contribution in [2.24, 2.45) is 0 Å². The van der Waals surface area contributed by atoms with Crippen LogP contribution in [0.15, 0.2) is 34.8 Å². The Bertz CT molecular complexity index is 665. The van der Waals surface area contributed by atoms with E-state index in [1.165, 1.54) is 0 Å². The molecule has 0 aliphatic rings. The van der Waals surface area contributed by atoms with E-state index in [1.54, 1.807) is 19.2 Å². The SMILES string of the molecule is CCOc1c(OC)ccc(Br)c1CNc1ccc(Cl)cc1Cl. The van der Waals surface area contributed by atoms with Crippen LogP contribution in [0.1, 0.15) is 12.5 Å². The normalized spacial score (nSPS) is 10.4. The van der Waals surface area contributed by atoms with E-state index in [1.807, 2.05) is 25.1 Å². The van der Waals surface area contributed by atoms with E-state index in [4.69, 9.17) is 32.7 Å². The minimum atomic E-state index is 0.536. The number of nitrogens with one attached hydrogen (secondary N) is 1. The average Bonchev–Trinajstić information content (AvgIpc) is 2.49. The summed E-state index contributed by atoms with van der Waals surface area (Å²) in [5.74, 6) is 1.42. The third kappa shape index (κ3) is 4.00. The van der Waals surface area contributed by atoms with Crippen LogP contribution in [-0.4, -0.2) is 13.7 Å². The van der Waals surface area contributed by atoms with Gasteiger partial charge < -0.3 is 14.8 Å². The molecule has 0 aliphatic carbocycles. The van der Waals surface area contributed by atoms with E-state index < -0.39 is 0 Å². The van der Waals surface area contributed by atoms with Crippen molar-refractivity contribution in [3.05, 3.63) is 50.4 Å². The van der Waals surface area contributed by atoms with Gasteiger partial charge >= 0.3 is 0 Å². The fourth-order valence-corrected chi connectivity index (χ4v) is 2.95. The van der Waals surface area contributed by atoms with Gasteiger partial charge in [-0.25, -0.2) is 0 Å². The lowest BCUT2D eigenvalue weighted by Crippen LogP contribution is -2.06. The molecule has 118 valence electrons. The number of hydrogen-bond donors (Lipinski definition) is 1. The smallest absolute Gasteiger partial charge is 0.167 e. The predicted molar refractivity (Wildman–Crippen MR) is 95.7 cm³/mol. The van der Waals surface area contributed by atoms with Gasteiger partial charge in [-0.15, -0.1) is 0 Å². The lowest BCUT2D eigenvalue weighted by atomic mass is 10.1. The Morgan fingerprint density at radius 1 is 1.18 bits per heavy atom. The van der Waals surface area contributed by atoms with Crippen LogP contribution in [0, 0.1) is 0 Å². The van der Waals surface area contributed by atoms with Crippen molar-refractivity contribution in [3.63, 3.8) is 0 Å². The second-order valence-electron chi connectivity index (χ2n) is 4.47. The predicted octanol–water partition coefficient (Wildman–Crippen LogP) is 5.78. The Morgan fingerprint density at radius 2 is 1.95 bits per heavy atom. The van der Waals surface area contributed by atoms with Gasteiger partial charge in [0.1, 0.15) is 0 Å². The minimum Gasteiger partial charge on any atom is -0.493 e. The average molecular weight is 405 g/mol. The summed E-state index contributed by atoms with van der Waals surface area (Å²) in [6, 6.07) is 9.14. The second kappa shape index (κ2) is 7.95. The highest BCUT2D eigenvalue weighted by molar-refractivity contribution is 9.10. The van der Waals surface area contributed by atoms with Gasteiger partial charge in [0.2, 0.25) is 0 Å². The molecular weight excluding hydrogens is 389 g/mol. The summed E-state index contributed by atoms with van der Waals surface area (Å²) in [5.41, 5.74) is 1.77. The van der Waals surface area contributed by atoms with Crippen molar-refractivity contribution < 1.29 is 9.47 Å². The van der Waals surface area contributed by atoms with Crippen LogP contribution in [0.2, 0.25) is 10.0 Å². The largest absolute Gasteiger partial charge is 0.493 e. The Morgan fingerprint density at radius 3 is 2.59 bits per heavy atom. The molecule has 1 N–H and O–H groups in total. The van der Waals surface area contributed by atoms with E-state index in [-0.39, 0.29) is 0 Å². The molecule has 22 heavy (non-hydrogen) atoms. The molecular formula is C16H16BrCl2NO2. The molecule has 0 heterocycles. The first kappa shape index (κ1) is 17.3. The number of anilines is 1. The molecule has 0 aromatic heterocycles. The molecule has 0 spiro atoms. The molecule has 2 aromatic rings. The van der Waals surface area contributed by atoms with Crippen molar-refractivity contribution >= 4 is 44.8 Å². The fraction of sp³-hybridized carbons (Fsp3) is 0.250. The van der Waals surface area contributed by atoms with E-state index in [0.29, 0.717) is 28.9 Å². The van der Waals surface area contributed by atoms with E-state index >= 15 is 0 Å². The monoisotopic (exact) mass is 403 g/mol. The molecule has 0 radical (unpaired) electrons. The third-order valence-corrected chi connectivity index (χ3v) is 4.35. The van der Waals surface area contributed by atoms with Gasteiger partial charge in [-0.1, -0.05) is 39.1 Å².